The van der Waals surface area contributed by atoms with E-state index >= 15 is 0 Å². The first-order valence-electron chi connectivity index (χ1n) is 12.9. The third-order valence-electron chi connectivity index (χ3n) is 7.58. The Balaban J connectivity index is 1.18. The Morgan fingerprint density at radius 3 is 2.74 bits per heavy atom. The standard InChI is InChI=1S/C30H29ClN6O/c1-20-3-7-24(18-21(20)4-8-25-19-32-29-12-11-28(31)34-37(25)29)33-30(38)23-5-9-26-22(17-23)6-10-27(26)36-15-13-35(2)14-16-36/h3,5,7,9,11-12,17-19,27H,6,10,13-16H2,1-2H3,(H,33,38). The number of anilines is 1. The number of halogens is 1. The summed E-state index contributed by atoms with van der Waals surface area (Å²) >= 11 is 6.04. The number of amides is 1. The average Bonchev–Trinajstić information content (AvgIpc) is 3.53. The highest BCUT2D eigenvalue weighted by Crippen LogP contribution is 2.36. The van der Waals surface area contributed by atoms with Crippen LogP contribution in [0.15, 0.2) is 54.7 Å². The fourth-order valence-corrected chi connectivity index (χ4v) is 5.49. The molecule has 4 aromatic rings. The Morgan fingerprint density at radius 1 is 1.05 bits per heavy atom. The van der Waals surface area contributed by atoms with Crippen LogP contribution in [0.2, 0.25) is 5.15 Å². The summed E-state index contributed by atoms with van der Waals surface area (Å²) in [5.74, 6) is 6.22. The van der Waals surface area contributed by atoms with Gasteiger partial charge in [-0.05, 0) is 85.8 Å². The molecule has 2 aliphatic rings. The van der Waals surface area contributed by atoms with Gasteiger partial charge in [0, 0.05) is 49.0 Å². The van der Waals surface area contributed by atoms with Crippen molar-refractivity contribution in [1.29, 1.82) is 0 Å². The minimum absolute atomic E-state index is 0.112. The molecule has 0 saturated carbocycles. The molecule has 0 radical (unpaired) electrons. The van der Waals surface area contributed by atoms with Crippen molar-refractivity contribution in [1.82, 2.24) is 24.4 Å². The van der Waals surface area contributed by atoms with E-state index in [1.807, 2.05) is 31.2 Å². The molecule has 192 valence electrons. The summed E-state index contributed by atoms with van der Waals surface area (Å²) in [6.45, 7) is 6.42. The minimum Gasteiger partial charge on any atom is -0.322 e. The number of nitrogens with zero attached hydrogens (tertiary/aromatic N) is 5. The molecule has 1 amide bonds. The van der Waals surface area contributed by atoms with E-state index in [1.165, 1.54) is 11.1 Å². The van der Waals surface area contributed by atoms with E-state index in [9.17, 15) is 4.79 Å². The zero-order valence-corrected chi connectivity index (χ0v) is 22.3. The topological polar surface area (TPSA) is 65.8 Å². The smallest absolute Gasteiger partial charge is 0.255 e. The fourth-order valence-electron chi connectivity index (χ4n) is 5.35. The second kappa shape index (κ2) is 10.2. The largest absolute Gasteiger partial charge is 0.322 e. The van der Waals surface area contributed by atoms with Crippen LogP contribution in [0, 0.1) is 18.8 Å². The third kappa shape index (κ3) is 4.91. The molecule has 3 heterocycles. The van der Waals surface area contributed by atoms with Gasteiger partial charge in [0.25, 0.3) is 5.91 Å². The SMILES string of the molecule is Cc1ccc(NC(=O)c2ccc3c(c2)CCC3N2CCN(C)CC2)cc1C#Cc1cnc2ccc(Cl)nn12. The van der Waals surface area contributed by atoms with Gasteiger partial charge >= 0.3 is 0 Å². The molecule has 1 aliphatic carbocycles. The second-order valence-corrected chi connectivity index (χ2v) is 10.5. The number of likely N-dealkylation sites (N-methyl/N-ethyl adjacent to an activating group) is 1. The van der Waals surface area contributed by atoms with Crippen LogP contribution in [0.25, 0.3) is 5.65 Å². The highest BCUT2D eigenvalue weighted by Gasteiger charge is 2.30. The second-order valence-electron chi connectivity index (χ2n) is 10.1. The third-order valence-corrected chi connectivity index (χ3v) is 7.78. The molecule has 1 unspecified atom stereocenters. The molecule has 1 aliphatic heterocycles. The maximum Gasteiger partial charge on any atom is 0.255 e. The number of rotatable bonds is 3. The van der Waals surface area contributed by atoms with Crippen LogP contribution in [0.5, 0.6) is 0 Å². The minimum atomic E-state index is -0.112. The van der Waals surface area contributed by atoms with Gasteiger partial charge in [-0.1, -0.05) is 29.7 Å². The first kappa shape index (κ1) is 24.6. The lowest BCUT2D eigenvalue weighted by atomic mass is 10.0. The first-order valence-corrected chi connectivity index (χ1v) is 13.3. The summed E-state index contributed by atoms with van der Waals surface area (Å²) < 4.78 is 1.62. The van der Waals surface area contributed by atoms with Crippen LogP contribution in [-0.4, -0.2) is 63.5 Å². The van der Waals surface area contributed by atoms with Crippen LogP contribution >= 0.6 is 11.6 Å². The van der Waals surface area contributed by atoms with Gasteiger partial charge in [-0.2, -0.15) is 5.10 Å². The number of piperazine rings is 1. The summed E-state index contributed by atoms with van der Waals surface area (Å²) in [5, 5.41) is 7.71. The van der Waals surface area contributed by atoms with E-state index in [2.05, 4.69) is 56.2 Å². The Hall–Kier alpha value is -3.70. The maximum absolute atomic E-state index is 13.2. The number of carbonyl (C=O) groups is 1. The van der Waals surface area contributed by atoms with Gasteiger partial charge < -0.3 is 10.2 Å². The molecule has 1 N–H and O–H groups in total. The number of hydrogen-bond donors (Lipinski definition) is 1. The molecule has 38 heavy (non-hydrogen) atoms. The van der Waals surface area contributed by atoms with Crippen molar-refractivity contribution in [3.05, 3.63) is 93.4 Å². The summed E-state index contributed by atoms with van der Waals surface area (Å²) in [4.78, 5) is 22.5. The maximum atomic E-state index is 13.2. The van der Waals surface area contributed by atoms with Crippen molar-refractivity contribution in [2.75, 3.05) is 38.5 Å². The van der Waals surface area contributed by atoms with E-state index < -0.39 is 0 Å². The zero-order chi connectivity index (χ0) is 26.2. The zero-order valence-electron chi connectivity index (χ0n) is 21.5. The van der Waals surface area contributed by atoms with Gasteiger partial charge in [-0.25, -0.2) is 9.50 Å². The lowest BCUT2D eigenvalue weighted by molar-refractivity contribution is 0.102. The Bertz CT molecular complexity index is 1590. The van der Waals surface area contributed by atoms with Gasteiger partial charge in [0.15, 0.2) is 5.65 Å². The molecule has 1 saturated heterocycles. The number of hydrogen-bond acceptors (Lipinski definition) is 5. The average molecular weight is 525 g/mol. The summed E-state index contributed by atoms with van der Waals surface area (Å²) in [7, 11) is 2.18. The van der Waals surface area contributed by atoms with Gasteiger partial charge in [-0.15, -0.1) is 0 Å². The number of imidazole rings is 1. The molecule has 0 spiro atoms. The van der Waals surface area contributed by atoms with Crippen LogP contribution in [0.4, 0.5) is 5.69 Å². The van der Waals surface area contributed by atoms with Crippen molar-refractivity contribution >= 4 is 28.8 Å². The number of benzene rings is 2. The predicted molar refractivity (Wildman–Crippen MR) is 150 cm³/mol. The molecule has 2 aromatic carbocycles. The Morgan fingerprint density at radius 2 is 1.89 bits per heavy atom. The van der Waals surface area contributed by atoms with Crippen LogP contribution in [-0.2, 0) is 6.42 Å². The summed E-state index contributed by atoms with van der Waals surface area (Å²) in [5.41, 5.74) is 7.22. The summed E-state index contributed by atoms with van der Waals surface area (Å²) in [6, 6.07) is 15.9. The molecule has 6 rings (SSSR count). The molecule has 7 nitrogen and oxygen atoms in total. The van der Waals surface area contributed by atoms with Crippen LogP contribution < -0.4 is 5.32 Å². The quantitative estimate of drug-likeness (QED) is 0.397. The van der Waals surface area contributed by atoms with Gasteiger partial charge in [0.05, 0.1) is 6.20 Å². The molecule has 2 aromatic heterocycles. The van der Waals surface area contributed by atoms with Gasteiger partial charge in [0.2, 0.25) is 0 Å². The first-order chi connectivity index (χ1) is 18.4. The number of aromatic nitrogens is 3. The molecular formula is C30H29ClN6O. The van der Waals surface area contributed by atoms with E-state index in [0.717, 1.165) is 50.1 Å². The van der Waals surface area contributed by atoms with Crippen LogP contribution in [0.3, 0.4) is 0 Å². The van der Waals surface area contributed by atoms with Crippen molar-refractivity contribution in [2.45, 2.75) is 25.8 Å². The lowest BCUT2D eigenvalue weighted by Crippen LogP contribution is -2.45. The summed E-state index contributed by atoms with van der Waals surface area (Å²) in [6.07, 6.45) is 3.81. The van der Waals surface area contributed by atoms with Gasteiger partial charge in [-0.3, -0.25) is 9.69 Å². The molecule has 8 heteroatoms. The Labute approximate surface area is 227 Å². The number of carbonyl (C=O) groups excluding carboxylic acids is 1. The monoisotopic (exact) mass is 524 g/mol. The fraction of sp³-hybridized carbons (Fsp3) is 0.300. The predicted octanol–water partition coefficient (Wildman–Crippen LogP) is 4.58. The Kier molecular flexibility index (Phi) is 6.62. The highest BCUT2D eigenvalue weighted by atomic mass is 35.5. The lowest BCUT2D eigenvalue weighted by Gasteiger charge is -2.36. The van der Waals surface area contributed by atoms with Crippen molar-refractivity contribution in [3.8, 4) is 11.8 Å². The van der Waals surface area contributed by atoms with E-state index in [-0.39, 0.29) is 5.91 Å². The molecule has 0 bridgehead atoms. The van der Waals surface area contributed by atoms with E-state index in [4.69, 9.17) is 11.6 Å². The normalized spacial score (nSPS) is 17.7. The van der Waals surface area contributed by atoms with E-state index in [1.54, 1.807) is 22.8 Å². The van der Waals surface area contributed by atoms with Crippen LogP contribution in [0.1, 0.15) is 50.8 Å². The van der Waals surface area contributed by atoms with Crippen molar-refractivity contribution < 1.29 is 4.79 Å². The van der Waals surface area contributed by atoms with Crippen molar-refractivity contribution in [3.63, 3.8) is 0 Å². The van der Waals surface area contributed by atoms with E-state index in [0.29, 0.717) is 33.8 Å². The number of nitrogens with one attached hydrogen (secondary N) is 1. The van der Waals surface area contributed by atoms with Gasteiger partial charge in [0.1, 0.15) is 10.8 Å². The number of fused-ring (bicyclic) bond motifs is 2. The molecule has 1 atom stereocenters. The molecular weight excluding hydrogens is 496 g/mol. The number of aryl methyl sites for hydroxylation is 2. The molecule has 1 fully saturated rings. The van der Waals surface area contributed by atoms with Crippen molar-refractivity contribution in [2.24, 2.45) is 0 Å². The highest BCUT2D eigenvalue weighted by molar-refractivity contribution is 6.29.